The van der Waals surface area contributed by atoms with Crippen molar-refractivity contribution in [2.45, 2.75) is 148 Å². The van der Waals surface area contributed by atoms with Gasteiger partial charge in [-0.2, -0.15) is 0 Å². The predicted octanol–water partition coefficient (Wildman–Crippen LogP) is 6.83. The minimum absolute atomic E-state index is 0.0746. The number of carbonyl (C=O) groups is 2. The Bertz CT molecular complexity index is 959. The Hall–Kier alpha value is -1.17. The van der Waals surface area contributed by atoms with E-state index in [9.17, 15) is 9.59 Å². The van der Waals surface area contributed by atoms with Gasteiger partial charge in [0.15, 0.2) is 5.11 Å². The van der Waals surface area contributed by atoms with Crippen LogP contribution in [0.25, 0.3) is 0 Å². The van der Waals surface area contributed by atoms with Gasteiger partial charge in [-0.15, -0.1) is 0 Å². The van der Waals surface area contributed by atoms with Crippen LogP contribution in [0, 0.1) is 34.5 Å². The molecule has 2 amide bonds. The zero-order valence-electron chi connectivity index (χ0n) is 24.9. The fourth-order valence-electron chi connectivity index (χ4n) is 11.0. The number of nitrogens with one attached hydrogen (secondary N) is 1. The van der Waals surface area contributed by atoms with E-state index >= 15 is 0 Å². The Labute approximate surface area is 242 Å². The number of piperidine rings is 1. The van der Waals surface area contributed by atoms with E-state index in [0.717, 1.165) is 43.6 Å². The SMILES string of the molecule is CN1C(=O)CC[C@@]2(C)C1CC[C@@H]1[C@H]2CC[C@]2(C)C(C(=O)N(C(=S)NC3CCCCC3)C3CCCCC3)CC[C@@H]12. The first kappa shape index (κ1) is 28.0. The largest absolute Gasteiger partial charge is 0.359 e. The lowest BCUT2D eigenvalue weighted by molar-refractivity contribution is -0.161. The fraction of sp³-hybridized carbons (Fsp3) is 0.909. The lowest BCUT2D eigenvalue weighted by Gasteiger charge is -2.61. The molecule has 6 heteroatoms. The van der Waals surface area contributed by atoms with Crippen LogP contribution < -0.4 is 5.32 Å². The summed E-state index contributed by atoms with van der Waals surface area (Å²) in [7, 11) is 2.05. The third-order valence-electron chi connectivity index (χ3n) is 13.2. The number of nitrogens with zero attached hydrogens (tertiary/aromatic N) is 2. The highest BCUT2D eigenvalue weighted by Crippen LogP contribution is 2.66. The minimum Gasteiger partial charge on any atom is -0.359 e. The summed E-state index contributed by atoms with van der Waals surface area (Å²) < 4.78 is 0. The monoisotopic (exact) mass is 555 g/mol. The molecule has 6 fully saturated rings. The van der Waals surface area contributed by atoms with E-state index in [2.05, 4.69) is 29.0 Å². The van der Waals surface area contributed by atoms with Gasteiger partial charge < -0.3 is 10.2 Å². The van der Waals surface area contributed by atoms with Crippen LogP contribution in [-0.4, -0.2) is 51.9 Å². The van der Waals surface area contributed by atoms with Gasteiger partial charge in [0, 0.05) is 37.5 Å². The third-order valence-corrected chi connectivity index (χ3v) is 13.5. The van der Waals surface area contributed by atoms with Gasteiger partial charge in [0.2, 0.25) is 11.8 Å². The topological polar surface area (TPSA) is 52.7 Å². The van der Waals surface area contributed by atoms with Crippen molar-refractivity contribution in [2.75, 3.05) is 7.05 Å². The maximum Gasteiger partial charge on any atom is 0.232 e. The molecule has 1 saturated heterocycles. The van der Waals surface area contributed by atoms with Gasteiger partial charge in [0.25, 0.3) is 0 Å². The van der Waals surface area contributed by atoms with Gasteiger partial charge in [-0.1, -0.05) is 52.4 Å². The maximum absolute atomic E-state index is 14.7. The fourth-order valence-corrected chi connectivity index (χ4v) is 11.4. The lowest BCUT2D eigenvalue weighted by Crippen LogP contribution is -2.62. The molecule has 0 aromatic heterocycles. The summed E-state index contributed by atoms with van der Waals surface area (Å²) in [6.45, 7) is 4.98. The minimum atomic E-state index is 0.0746. The number of amides is 2. The number of rotatable bonds is 3. The average Bonchev–Trinajstić information content (AvgIpc) is 3.29. The molecule has 0 aromatic rings. The second-order valence-corrected chi connectivity index (χ2v) is 15.3. The van der Waals surface area contributed by atoms with Crippen molar-refractivity contribution in [1.82, 2.24) is 15.1 Å². The van der Waals surface area contributed by atoms with E-state index in [4.69, 9.17) is 12.2 Å². The molecule has 6 aliphatic rings. The van der Waals surface area contributed by atoms with Crippen molar-refractivity contribution in [3.63, 3.8) is 0 Å². The molecule has 0 radical (unpaired) electrons. The van der Waals surface area contributed by atoms with Crippen molar-refractivity contribution in [1.29, 1.82) is 0 Å². The number of fused-ring (bicyclic) bond motifs is 5. The highest BCUT2D eigenvalue weighted by Gasteiger charge is 2.62. The molecular formula is C33H53N3O2S. The molecule has 5 nitrogen and oxygen atoms in total. The van der Waals surface area contributed by atoms with Crippen LogP contribution in [0.2, 0.25) is 0 Å². The summed E-state index contributed by atoms with van der Waals surface area (Å²) in [6.07, 6.45) is 20.8. The summed E-state index contributed by atoms with van der Waals surface area (Å²) in [5.74, 6) is 2.78. The highest BCUT2D eigenvalue weighted by molar-refractivity contribution is 7.80. The van der Waals surface area contributed by atoms with Crippen LogP contribution in [0.5, 0.6) is 0 Å². The zero-order valence-corrected chi connectivity index (χ0v) is 25.7. The quantitative estimate of drug-likeness (QED) is 0.388. The van der Waals surface area contributed by atoms with Crippen LogP contribution in [0.3, 0.4) is 0 Å². The molecule has 6 rings (SSSR count). The second-order valence-electron chi connectivity index (χ2n) is 14.9. The van der Waals surface area contributed by atoms with Crippen molar-refractivity contribution in [3.05, 3.63) is 0 Å². The van der Waals surface area contributed by atoms with Gasteiger partial charge in [-0.3, -0.25) is 14.5 Å². The molecule has 5 aliphatic carbocycles. The Morgan fingerprint density at radius 2 is 1.51 bits per heavy atom. The molecule has 218 valence electrons. The molecule has 2 unspecified atom stereocenters. The van der Waals surface area contributed by atoms with Crippen molar-refractivity contribution in [2.24, 2.45) is 34.5 Å². The first-order valence-electron chi connectivity index (χ1n) is 16.6. The van der Waals surface area contributed by atoms with Crippen molar-refractivity contribution in [3.8, 4) is 0 Å². The molecule has 1 aliphatic heterocycles. The summed E-state index contributed by atoms with van der Waals surface area (Å²) in [5, 5.41) is 4.44. The summed E-state index contributed by atoms with van der Waals surface area (Å²) in [5.41, 5.74) is 0.305. The number of thiocarbonyl (C=S) groups is 1. The van der Waals surface area contributed by atoms with Crippen LogP contribution in [0.4, 0.5) is 0 Å². The Kier molecular flexibility index (Phi) is 7.83. The second kappa shape index (κ2) is 10.9. The standard InChI is InChI=1S/C33H53N3O2S/c1-32-20-18-26-24(14-17-28-33(26,2)21-19-29(37)35(28)3)25(32)15-16-27(32)30(38)36(23-12-8-5-9-13-23)31(39)34-22-10-6-4-7-11-22/h22-28H,4-21H2,1-3H3,(H,34,39)/t24-,25-,26+,27?,28?,32-,33+/m0/s1. The van der Waals surface area contributed by atoms with E-state index in [0.29, 0.717) is 48.1 Å². The van der Waals surface area contributed by atoms with Crippen LogP contribution in [-0.2, 0) is 9.59 Å². The molecule has 39 heavy (non-hydrogen) atoms. The van der Waals surface area contributed by atoms with E-state index in [1.165, 1.54) is 70.6 Å². The van der Waals surface area contributed by atoms with Gasteiger partial charge >= 0.3 is 0 Å². The Morgan fingerprint density at radius 1 is 0.846 bits per heavy atom. The average molecular weight is 556 g/mol. The van der Waals surface area contributed by atoms with Crippen molar-refractivity contribution >= 4 is 29.1 Å². The molecule has 1 N–H and O–H groups in total. The maximum atomic E-state index is 14.7. The number of hydrogen-bond acceptors (Lipinski definition) is 3. The molecule has 0 aromatic carbocycles. The van der Waals surface area contributed by atoms with E-state index < -0.39 is 0 Å². The Balaban J connectivity index is 1.22. The van der Waals surface area contributed by atoms with Gasteiger partial charge in [-0.05, 0) is 111 Å². The van der Waals surface area contributed by atoms with E-state index in [1.54, 1.807) is 0 Å². The molecule has 0 bridgehead atoms. The van der Waals surface area contributed by atoms with Gasteiger partial charge in [0.1, 0.15) is 0 Å². The predicted molar refractivity (Wildman–Crippen MR) is 160 cm³/mol. The normalized spacial score (nSPS) is 41.4. The number of hydrogen-bond donors (Lipinski definition) is 1. The van der Waals surface area contributed by atoms with E-state index in [-0.39, 0.29) is 22.8 Å². The number of likely N-dealkylation sites (tertiary alicyclic amines) is 1. The van der Waals surface area contributed by atoms with Gasteiger partial charge in [0.05, 0.1) is 0 Å². The van der Waals surface area contributed by atoms with Crippen LogP contribution in [0.15, 0.2) is 0 Å². The summed E-state index contributed by atoms with van der Waals surface area (Å²) >= 11 is 6.09. The first-order valence-corrected chi connectivity index (χ1v) is 17.0. The van der Waals surface area contributed by atoms with E-state index in [1.807, 2.05) is 7.05 Å². The van der Waals surface area contributed by atoms with Gasteiger partial charge in [-0.25, -0.2) is 0 Å². The third kappa shape index (κ3) is 4.77. The Morgan fingerprint density at radius 3 is 2.23 bits per heavy atom. The number of carbonyl (C=O) groups excluding carboxylic acids is 2. The summed E-state index contributed by atoms with van der Waals surface area (Å²) in [6, 6.07) is 1.11. The molecule has 0 spiro atoms. The zero-order chi connectivity index (χ0) is 27.4. The van der Waals surface area contributed by atoms with Crippen LogP contribution in [0.1, 0.15) is 129 Å². The molecule has 5 saturated carbocycles. The molecule has 1 heterocycles. The summed E-state index contributed by atoms with van der Waals surface area (Å²) in [4.78, 5) is 31.4. The molecular weight excluding hydrogens is 502 g/mol. The van der Waals surface area contributed by atoms with Crippen LogP contribution >= 0.6 is 12.2 Å². The smallest absolute Gasteiger partial charge is 0.232 e. The lowest BCUT2D eigenvalue weighted by atomic mass is 9.47. The van der Waals surface area contributed by atoms with Crippen molar-refractivity contribution < 1.29 is 9.59 Å². The first-order chi connectivity index (χ1) is 18.7. The molecule has 7 atom stereocenters. The highest BCUT2D eigenvalue weighted by atomic mass is 32.1.